The second kappa shape index (κ2) is 12.5. The molecule has 0 aliphatic heterocycles. The number of aromatic carboxylic acids is 1. The zero-order valence-corrected chi connectivity index (χ0v) is 19.0. The number of carboxylic acids is 1. The van der Waals surface area contributed by atoms with Gasteiger partial charge in [0, 0.05) is 37.4 Å². The molecule has 0 amide bonds. The fraction of sp³-hybridized carbons (Fsp3) is 0.375. The van der Waals surface area contributed by atoms with E-state index in [1.165, 1.54) is 4.90 Å². The summed E-state index contributed by atoms with van der Waals surface area (Å²) in [5.74, 6) is -1.76. The topological polar surface area (TPSA) is 250 Å². The molecule has 2 rings (SSSR count). The molecule has 2 aromatic rings. The summed E-state index contributed by atoms with van der Waals surface area (Å²) < 4.78 is 55.8. The molecule has 0 aliphatic rings. The third kappa shape index (κ3) is 8.09. The maximum absolute atomic E-state index is 11.6. The van der Waals surface area contributed by atoms with Crippen molar-refractivity contribution >= 4 is 50.9 Å². The van der Waals surface area contributed by atoms with Crippen molar-refractivity contribution in [2.75, 3.05) is 54.9 Å². The van der Waals surface area contributed by atoms with Gasteiger partial charge in [0.05, 0.1) is 29.4 Å². The van der Waals surface area contributed by atoms with E-state index in [-0.39, 0.29) is 68.5 Å². The van der Waals surface area contributed by atoms with Crippen molar-refractivity contribution in [1.82, 2.24) is 19.7 Å². The number of benzene rings is 1. The Hall–Kier alpha value is -3.00. The fourth-order valence-electron chi connectivity index (χ4n) is 2.60. The Labute approximate surface area is 196 Å². The fourth-order valence-corrected chi connectivity index (χ4v) is 3.36. The van der Waals surface area contributed by atoms with Crippen LogP contribution in [0.25, 0.3) is 0 Å². The molecule has 18 heteroatoms. The Morgan fingerprint density at radius 1 is 1.09 bits per heavy atom. The first kappa shape index (κ1) is 27.2. The van der Waals surface area contributed by atoms with Gasteiger partial charge in [-0.05, 0) is 18.2 Å². The summed E-state index contributed by atoms with van der Waals surface area (Å²) in [6.07, 6.45) is 0. The normalized spacial score (nSPS) is 12.2. The molecule has 0 aliphatic carbocycles. The number of aliphatic hydroxyl groups is 2. The molecule has 34 heavy (non-hydrogen) atoms. The van der Waals surface area contributed by atoms with E-state index in [0.717, 1.165) is 18.2 Å². The van der Waals surface area contributed by atoms with Gasteiger partial charge < -0.3 is 35.4 Å². The van der Waals surface area contributed by atoms with Crippen molar-refractivity contribution in [2.45, 2.75) is 4.90 Å². The highest BCUT2D eigenvalue weighted by atomic mass is 32.2. The van der Waals surface area contributed by atoms with Crippen LogP contribution in [0.15, 0.2) is 23.1 Å². The number of hydrogen-bond acceptors (Lipinski definition) is 13. The number of carboxylic acid groups (broad SMARTS) is 1. The lowest BCUT2D eigenvalue weighted by atomic mass is 10.2. The molecule has 1 aromatic carbocycles. The molecular formula is C16H22N7O9S2-. The molecule has 1 atom stereocenters. The first-order valence-corrected chi connectivity index (χ1v) is 12.0. The van der Waals surface area contributed by atoms with E-state index < -0.39 is 32.2 Å². The summed E-state index contributed by atoms with van der Waals surface area (Å²) in [7, 11) is -4.65. The Kier molecular flexibility index (Phi) is 9.98. The SMILES string of the molecule is O=C(O)c1ccc(S(=O)(=O)O)cc1Nc1nc(NCCO)nc(N(CCO)CCNS(=O)[O-])n1. The third-order valence-corrected chi connectivity index (χ3v) is 5.33. The minimum Gasteiger partial charge on any atom is -0.760 e. The highest BCUT2D eigenvalue weighted by Gasteiger charge is 2.19. The highest BCUT2D eigenvalue weighted by molar-refractivity contribution is 7.85. The van der Waals surface area contributed by atoms with Gasteiger partial charge in [-0.3, -0.25) is 8.76 Å². The summed E-state index contributed by atoms with van der Waals surface area (Å²) in [4.78, 5) is 24.7. The molecule has 1 heterocycles. The van der Waals surface area contributed by atoms with Crippen LogP contribution >= 0.6 is 0 Å². The summed E-state index contributed by atoms with van der Waals surface area (Å²) >= 11 is -2.52. The molecule has 7 N–H and O–H groups in total. The number of hydrogen-bond donors (Lipinski definition) is 7. The second-order valence-electron chi connectivity index (χ2n) is 6.39. The standard InChI is InChI=1S/C16H23N7O9S2/c24-7-4-17-14-20-15(22-16(21-14)23(6-8-25)5-3-18-33(28)29)19-12-9-10(34(30,31)32)1-2-11(12)13(26)27/h1-2,9,18,24-25H,3-8H2,(H,26,27)(H,28,29)(H,30,31,32)(H2,17,19,20,21,22)/p-1. The zero-order chi connectivity index (χ0) is 25.3. The van der Waals surface area contributed by atoms with E-state index in [2.05, 4.69) is 30.3 Å². The Balaban J connectivity index is 2.50. The van der Waals surface area contributed by atoms with Crippen LogP contribution in [0.1, 0.15) is 10.4 Å². The summed E-state index contributed by atoms with van der Waals surface area (Å²) in [5.41, 5.74) is -0.612. The van der Waals surface area contributed by atoms with E-state index in [1.54, 1.807) is 0 Å². The van der Waals surface area contributed by atoms with Gasteiger partial charge in [-0.1, -0.05) is 0 Å². The van der Waals surface area contributed by atoms with Crippen molar-refractivity contribution in [3.8, 4) is 0 Å². The Morgan fingerprint density at radius 3 is 2.38 bits per heavy atom. The van der Waals surface area contributed by atoms with E-state index in [9.17, 15) is 36.7 Å². The number of nitrogens with one attached hydrogen (secondary N) is 3. The van der Waals surface area contributed by atoms with Gasteiger partial charge in [-0.15, -0.1) is 0 Å². The second-order valence-corrected chi connectivity index (χ2v) is 8.56. The molecule has 1 unspecified atom stereocenters. The van der Waals surface area contributed by atoms with Gasteiger partial charge in [-0.25, -0.2) is 9.52 Å². The van der Waals surface area contributed by atoms with Crippen LogP contribution in [0.5, 0.6) is 0 Å². The van der Waals surface area contributed by atoms with Crippen molar-refractivity contribution < 1.29 is 41.8 Å². The van der Waals surface area contributed by atoms with Crippen LogP contribution in [-0.2, 0) is 21.4 Å². The zero-order valence-electron chi connectivity index (χ0n) is 17.4. The van der Waals surface area contributed by atoms with Gasteiger partial charge in [0.15, 0.2) is 0 Å². The molecule has 0 saturated heterocycles. The third-order valence-electron chi connectivity index (χ3n) is 4.04. The first-order valence-electron chi connectivity index (χ1n) is 9.46. The lowest BCUT2D eigenvalue weighted by Crippen LogP contribution is -2.36. The number of carbonyl (C=O) groups is 1. The predicted octanol–water partition coefficient (Wildman–Crippen LogP) is -1.85. The van der Waals surface area contributed by atoms with Crippen LogP contribution < -0.4 is 20.3 Å². The quantitative estimate of drug-likeness (QED) is 0.107. The first-order chi connectivity index (χ1) is 16.0. The van der Waals surface area contributed by atoms with Crippen molar-refractivity contribution in [1.29, 1.82) is 0 Å². The molecule has 0 bridgehead atoms. The summed E-state index contributed by atoms with van der Waals surface area (Å²) in [6, 6.07) is 2.75. The summed E-state index contributed by atoms with van der Waals surface area (Å²) in [5, 5.41) is 33.1. The Bertz CT molecular complexity index is 1130. The van der Waals surface area contributed by atoms with E-state index in [1.807, 2.05) is 0 Å². The lowest BCUT2D eigenvalue weighted by Gasteiger charge is -2.23. The largest absolute Gasteiger partial charge is 0.760 e. The van der Waals surface area contributed by atoms with Crippen LogP contribution in [0.4, 0.5) is 23.5 Å². The van der Waals surface area contributed by atoms with Crippen LogP contribution in [0, 0.1) is 0 Å². The van der Waals surface area contributed by atoms with Gasteiger partial charge in [0.2, 0.25) is 17.8 Å². The predicted molar refractivity (Wildman–Crippen MR) is 118 cm³/mol. The smallest absolute Gasteiger partial charge is 0.337 e. The maximum Gasteiger partial charge on any atom is 0.337 e. The molecule has 16 nitrogen and oxygen atoms in total. The van der Waals surface area contributed by atoms with Gasteiger partial charge in [-0.2, -0.15) is 23.4 Å². The Morgan fingerprint density at radius 2 is 1.79 bits per heavy atom. The van der Waals surface area contributed by atoms with Gasteiger partial charge >= 0.3 is 5.97 Å². The van der Waals surface area contributed by atoms with Crippen molar-refractivity contribution in [2.24, 2.45) is 0 Å². The average Bonchev–Trinajstić information content (AvgIpc) is 2.76. The van der Waals surface area contributed by atoms with E-state index >= 15 is 0 Å². The molecule has 0 fully saturated rings. The number of anilines is 4. The van der Waals surface area contributed by atoms with Crippen LogP contribution in [-0.4, -0.2) is 97.4 Å². The van der Waals surface area contributed by atoms with Gasteiger partial charge in [0.25, 0.3) is 10.1 Å². The highest BCUT2D eigenvalue weighted by Crippen LogP contribution is 2.25. The number of aliphatic hydroxyl groups excluding tert-OH is 2. The van der Waals surface area contributed by atoms with Crippen LogP contribution in [0.3, 0.4) is 0 Å². The monoisotopic (exact) mass is 520 g/mol. The minimum absolute atomic E-state index is 0.00528. The lowest BCUT2D eigenvalue weighted by molar-refractivity contribution is 0.0697. The minimum atomic E-state index is -4.65. The van der Waals surface area contributed by atoms with Crippen molar-refractivity contribution in [3.05, 3.63) is 23.8 Å². The van der Waals surface area contributed by atoms with E-state index in [4.69, 9.17) is 5.11 Å². The van der Waals surface area contributed by atoms with E-state index in [0.29, 0.717) is 0 Å². The summed E-state index contributed by atoms with van der Waals surface area (Å²) in [6.45, 7) is -0.594. The maximum atomic E-state index is 11.6. The number of aromatic nitrogens is 3. The van der Waals surface area contributed by atoms with Crippen molar-refractivity contribution in [3.63, 3.8) is 0 Å². The molecule has 0 spiro atoms. The number of nitrogens with zero attached hydrogens (tertiary/aromatic N) is 4. The molecule has 1 aromatic heterocycles. The molecule has 0 saturated carbocycles. The number of rotatable bonds is 14. The molecule has 188 valence electrons. The molecule has 0 radical (unpaired) electrons. The average molecular weight is 521 g/mol. The van der Waals surface area contributed by atoms with Gasteiger partial charge in [0.1, 0.15) is 0 Å². The molecular weight excluding hydrogens is 498 g/mol. The van der Waals surface area contributed by atoms with Crippen LogP contribution in [0.2, 0.25) is 0 Å².